The number of hydrogen-bond acceptors (Lipinski definition) is 18. The Morgan fingerprint density at radius 1 is 0.458 bits per heavy atom. The van der Waals surface area contributed by atoms with Crippen LogP contribution in [0.15, 0.2) is 180 Å². The van der Waals surface area contributed by atoms with Gasteiger partial charge in [-0.3, -0.25) is 37.0 Å². The summed E-state index contributed by atoms with van der Waals surface area (Å²) in [5, 5.41) is 1.85. The zero-order valence-corrected chi connectivity index (χ0v) is 63.6. The first-order chi connectivity index (χ1) is 49.5. The average Bonchev–Trinajstić information content (AvgIpc) is 0.807. The molecule has 0 radical (unpaired) electrons. The molecule has 0 saturated heterocycles. The number of methoxy groups -OCH3 is 2. The van der Waals surface area contributed by atoms with E-state index in [1.54, 1.807) is 93.7 Å². The molecule has 0 unspecified atom stereocenters. The molecule has 0 bridgehead atoms. The van der Waals surface area contributed by atoms with Crippen LogP contribution in [0.3, 0.4) is 0 Å². The van der Waals surface area contributed by atoms with Crippen LogP contribution < -0.4 is 37.5 Å². The molecule has 0 amide bonds. The Morgan fingerprint density at radius 3 is 1.37 bits per heavy atom. The smallest absolute Gasteiger partial charge is 0.336 e. The predicted molar refractivity (Wildman–Crippen MR) is 393 cm³/mol. The van der Waals surface area contributed by atoms with Gasteiger partial charge in [-0.1, -0.05) is 58.4 Å². The van der Waals surface area contributed by atoms with Crippen molar-refractivity contribution < 1.29 is 127 Å². The third-order valence-corrected chi connectivity index (χ3v) is 20.2. The average molecular weight is 1670 g/mol. The minimum atomic E-state index is -4.48. The molecule has 12 rings (SSSR count). The number of ether oxygens (including phenoxy) is 2. The molecule has 1 aliphatic carbocycles. The molecular formula is C67H66BrF2NO30P6. The van der Waals surface area contributed by atoms with Crippen molar-refractivity contribution in [2.24, 2.45) is 7.05 Å². The van der Waals surface area contributed by atoms with E-state index in [0.717, 1.165) is 58.1 Å². The monoisotopic (exact) mass is 1670 g/mol. The lowest BCUT2D eigenvalue weighted by Crippen LogP contribution is -2.17. The second-order valence-electron chi connectivity index (χ2n) is 23.9. The molecular weight excluding hydrogens is 1600 g/mol. The summed E-state index contributed by atoms with van der Waals surface area (Å²) in [4.78, 5) is 176. The van der Waals surface area contributed by atoms with E-state index in [1.807, 2.05) is 13.0 Å². The first-order valence-corrected chi connectivity index (χ1v) is 42.1. The molecule has 40 heteroatoms. The number of fused-ring (bicyclic) bond motifs is 6. The third kappa shape index (κ3) is 25.4. The maximum atomic E-state index is 13.6. The Labute approximate surface area is 610 Å². The molecule has 107 heavy (non-hydrogen) atoms. The van der Waals surface area contributed by atoms with Crippen molar-refractivity contribution in [3.05, 3.63) is 257 Å². The molecule has 31 nitrogen and oxygen atoms in total. The number of hydrogen-bond donors (Lipinski definition) is 12. The standard InChI is InChI=1S/2C12H13O6P.C11H10BrO5P.C11H12NO4P.C11H11O4P.C10H7F2O5P/c1-7-3-9(17-2)5-10-12(7)8(4-11(13)18-10)6-19(14,15)16;1-7-3-9(17-2)12-8(6-19(14,15)16)5-11(13)18-10(12)4-7;1-6-2-8(12)11-7(5-18(14,15)16)4-10(13)17-9(11)3-6;1-12-10-5-3-2-4-9(10)8(6-11(12)13)7-17(14,15)16;12-10-5-8-3-1-2-4-11(8)9(6-10)7-16(13,14)15;11-6-2-7(12)10-5(4-18(14,15)16)1-9(13)17-8(10)3-6/h2*3-5H,6H2,1-2H3,(H2,14,15,16);2-4H,5H2,1H3,(H2,14,15,16);2-6H,7H2,1H3,(H2,14,15,16);1-4,6H,5,7H2,(H2,13,14,15);1-3H,4H2,(H2,14,15,16). The van der Waals surface area contributed by atoms with Crippen molar-refractivity contribution >= 4 is 128 Å². The number of rotatable bonds is 14. The maximum Gasteiger partial charge on any atom is 0.336 e. The molecule has 12 N–H and O–H groups in total. The Morgan fingerprint density at radius 2 is 0.879 bits per heavy atom. The highest BCUT2D eigenvalue weighted by Crippen LogP contribution is 2.47. The summed E-state index contributed by atoms with van der Waals surface area (Å²) in [5.41, 5.74) is 3.39. The van der Waals surface area contributed by atoms with Gasteiger partial charge >= 0.3 is 68.1 Å². The fourth-order valence-electron chi connectivity index (χ4n) is 11.1. The number of halogens is 3. The normalized spacial score (nSPS) is 12.5. The van der Waals surface area contributed by atoms with Crippen LogP contribution in [0.2, 0.25) is 0 Å². The quantitative estimate of drug-likeness (QED) is 0.0355. The van der Waals surface area contributed by atoms with Crippen LogP contribution in [0.25, 0.3) is 60.4 Å². The van der Waals surface area contributed by atoms with E-state index in [1.165, 1.54) is 37.0 Å². The van der Waals surface area contributed by atoms with E-state index in [0.29, 0.717) is 72.2 Å². The first-order valence-electron chi connectivity index (χ1n) is 30.5. The van der Waals surface area contributed by atoms with Gasteiger partial charge in [-0.25, -0.2) is 28.0 Å². The van der Waals surface area contributed by atoms with Gasteiger partial charge in [-0.15, -0.1) is 0 Å². The zero-order valence-electron chi connectivity index (χ0n) is 56.6. The molecule has 5 aromatic heterocycles. The van der Waals surface area contributed by atoms with Gasteiger partial charge in [0.1, 0.15) is 45.5 Å². The molecule has 0 fully saturated rings. The number of para-hydroxylation sites is 1. The van der Waals surface area contributed by atoms with Crippen molar-refractivity contribution in [2.45, 2.75) is 58.0 Å². The van der Waals surface area contributed by atoms with Gasteiger partial charge in [0, 0.05) is 82.6 Å². The zero-order chi connectivity index (χ0) is 79.8. The van der Waals surface area contributed by atoms with Gasteiger partial charge in [0.25, 0.3) is 5.56 Å². The van der Waals surface area contributed by atoms with Gasteiger partial charge in [0.05, 0.1) is 67.5 Å². The van der Waals surface area contributed by atoms with E-state index >= 15 is 0 Å². The number of carbonyl (C=O) groups excluding carboxylic acids is 1. The van der Waals surface area contributed by atoms with Crippen LogP contribution in [0, 0.1) is 32.4 Å². The van der Waals surface area contributed by atoms with Gasteiger partial charge < -0.3 is 90.4 Å². The van der Waals surface area contributed by atoms with Crippen molar-refractivity contribution in [3.63, 3.8) is 0 Å². The molecule has 6 aromatic carbocycles. The lowest BCUT2D eigenvalue weighted by molar-refractivity contribution is -0.114. The molecule has 11 aromatic rings. The number of benzene rings is 6. The van der Waals surface area contributed by atoms with Gasteiger partial charge in [0.15, 0.2) is 5.78 Å². The molecule has 5 heterocycles. The van der Waals surface area contributed by atoms with Crippen molar-refractivity contribution in [1.82, 2.24) is 4.57 Å². The SMILES string of the molecule is COc1cc(C)c2c(CP(=O)(O)O)cc(=O)oc2c1.COc1cc(C)cc2oc(=O)cc(CP(=O)(O)O)c12.Cc1cc(Br)c2c(CP(=O)(O)O)cc(=O)oc2c1.Cn1c(=O)cc(CP(=O)(O)O)c2ccccc21.O=C1C=C(CP(=O)(O)O)c2ccccc2C1.O=c1cc(CP(=O)(O)O)c2c(F)cc(F)cc2o1. The molecule has 0 saturated carbocycles. The summed E-state index contributed by atoms with van der Waals surface area (Å²) >= 11 is 3.32. The fraction of sp³-hybridized carbons (Fsp3) is 0.194. The van der Waals surface area contributed by atoms with Gasteiger partial charge in [-0.05, 0) is 124 Å². The number of allylic oxidation sites excluding steroid dienone is 2. The van der Waals surface area contributed by atoms with Crippen LogP contribution >= 0.6 is 61.5 Å². The Kier molecular flexibility index (Phi) is 28.0. The summed E-state index contributed by atoms with van der Waals surface area (Å²) in [5.74, 6) is -1.17. The summed E-state index contributed by atoms with van der Waals surface area (Å²) in [6.07, 6.45) is -1.49. The van der Waals surface area contributed by atoms with Crippen LogP contribution in [0.5, 0.6) is 11.5 Å². The molecule has 0 spiro atoms. The number of carbonyl (C=O) groups is 1. The maximum absolute atomic E-state index is 13.6. The van der Waals surface area contributed by atoms with Gasteiger partial charge in [0.2, 0.25) is 0 Å². The summed E-state index contributed by atoms with van der Waals surface area (Å²) in [7, 11) is -21.0. The summed E-state index contributed by atoms with van der Waals surface area (Å²) < 4.78 is 125. The van der Waals surface area contributed by atoms with Gasteiger partial charge in [-0.2, -0.15) is 0 Å². The largest absolute Gasteiger partial charge is 0.497 e. The Bertz CT molecular complexity index is 5800. The highest BCUT2D eigenvalue weighted by atomic mass is 79.9. The van der Waals surface area contributed by atoms with Crippen LogP contribution in [0.1, 0.15) is 55.6 Å². The van der Waals surface area contributed by atoms with E-state index in [9.17, 15) is 64.9 Å². The summed E-state index contributed by atoms with van der Waals surface area (Å²) in [6, 6.07) is 31.0. The number of pyridine rings is 1. The third-order valence-electron chi connectivity index (χ3n) is 15.0. The highest BCUT2D eigenvalue weighted by Gasteiger charge is 2.27. The number of ketones is 1. The van der Waals surface area contributed by atoms with Crippen molar-refractivity contribution in [1.29, 1.82) is 0 Å². The minimum Gasteiger partial charge on any atom is -0.497 e. The van der Waals surface area contributed by atoms with E-state index in [2.05, 4.69) is 20.3 Å². The topological polar surface area (TPSA) is 524 Å². The fourth-order valence-corrected chi connectivity index (χ4v) is 16.1. The molecule has 0 aliphatic heterocycles. The lowest BCUT2D eigenvalue weighted by atomic mass is 9.91. The van der Waals surface area contributed by atoms with Crippen LogP contribution in [-0.4, -0.2) is 89.5 Å². The highest BCUT2D eigenvalue weighted by molar-refractivity contribution is 9.10. The summed E-state index contributed by atoms with van der Waals surface area (Å²) in [6.45, 7) is 5.39. The predicted octanol–water partition coefficient (Wildman–Crippen LogP) is 10.5. The molecule has 1 aliphatic rings. The number of aromatic nitrogens is 1. The van der Waals surface area contributed by atoms with Crippen molar-refractivity contribution in [3.8, 4) is 11.5 Å². The lowest BCUT2D eigenvalue weighted by Gasteiger charge is -2.17. The number of nitrogens with zero attached hydrogens (tertiary/aromatic N) is 1. The van der Waals surface area contributed by atoms with Crippen LogP contribution in [0.4, 0.5) is 8.78 Å². The van der Waals surface area contributed by atoms with E-state index < -0.39 is 111 Å². The Balaban J connectivity index is 0.000000179. The van der Waals surface area contributed by atoms with E-state index in [4.69, 9.17) is 81.4 Å². The first kappa shape index (κ1) is 85.9. The second-order valence-corrected chi connectivity index (χ2v) is 34.6. The molecule has 570 valence electrons. The second kappa shape index (κ2) is 34.9. The molecule has 0 atom stereocenters. The minimum absolute atomic E-state index is 0.109. The van der Waals surface area contributed by atoms with Crippen LogP contribution in [-0.2, 0) is 76.5 Å². The Hall–Kier alpha value is -8.38. The number of aryl methyl sites for hydroxylation is 4. The van der Waals surface area contributed by atoms with E-state index in [-0.39, 0.29) is 61.9 Å². The van der Waals surface area contributed by atoms with Crippen molar-refractivity contribution in [2.75, 3.05) is 20.4 Å².